The van der Waals surface area contributed by atoms with Gasteiger partial charge in [0, 0.05) is 34.8 Å². The summed E-state index contributed by atoms with van der Waals surface area (Å²) >= 11 is 13.6. The number of hydrogen-bond acceptors (Lipinski definition) is 4. The van der Waals surface area contributed by atoms with E-state index < -0.39 is 0 Å². The van der Waals surface area contributed by atoms with Gasteiger partial charge in [-0.05, 0) is 72.9 Å². The van der Waals surface area contributed by atoms with Crippen LogP contribution >= 0.6 is 56.9 Å². The molecule has 4 heterocycles. The summed E-state index contributed by atoms with van der Waals surface area (Å²) in [4.78, 5) is 9.49. The molecule has 0 aliphatic carbocycles. The molecule has 0 spiro atoms. The largest absolute Gasteiger partial charge is 0.139 e. The van der Waals surface area contributed by atoms with Crippen molar-refractivity contribution in [3.05, 3.63) is 81.5 Å². The molecule has 0 radical (unpaired) electrons. The molecule has 5 rings (SSSR count). The zero-order valence-corrected chi connectivity index (χ0v) is 24.1. The highest BCUT2D eigenvalue weighted by Gasteiger charge is 2.18. The maximum absolute atomic E-state index is 6.19. The third-order valence-electron chi connectivity index (χ3n) is 6.21. The smallest absolute Gasteiger partial charge is 0.0935 e. The van der Waals surface area contributed by atoms with Gasteiger partial charge < -0.3 is 0 Å². The summed E-state index contributed by atoms with van der Waals surface area (Å²) in [7, 11) is 0. The molecule has 0 aliphatic heterocycles. The van der Waals surface area contributed by atoms with Gasteiger partial charge in [-0.25, -0.2) is 0 Å². The molecule has 0 saturated heterocycles. The Hall–Kier alpha value is -1.69. The minimum atomic E-state index is 0.842. The monoisotopic (exact) mass is 552 g/mol. The molecule has 0 nitrogen and oxygen atoms in total. The van der Waals surface area contributed by atoms with Crippen LogP contribution in [0.3, 0.4) is 0 Å². The van der Waals surface area contributed by atoms with Gasteiger partial charge in [0.25, 0.3) is 0 Å². The Bertz CT molecular complexity index is 1400. The van der Waals surface area contributed by atoms with Crippen molar-refractivity contribution in [1.82, 2.24) is 0 Å². The molecule has 5 heteroatoms. The van der Waals surface area contributed by atoms with Crippen molar-refractivity contribution in [2.45, 2.75) is 52.4 Å². The molecule has 0 fully saturated rings. The first-order valence-electron chi connectivity index (χ1n) is 12.3. The van der Waals surface area contributed by atoms with Crippen LogP contribution in [0.15, 0.2) is 66.7 Å². The molecule has 0 bridgehead atoms. The first kappa shape index (κ1) is 25.0. The fraction of sp³-hybridized carbons (Fsp3) is 0.267. The summed E-state index contributed by atoms with van der Waals surface area (Å²) < 4.78 is 0.842. The van der Waals surface area contributed by atoms with Crippen molar-refractivity contribution in [1.29, 1.82) is 0 Å². The Morgan fingerprint density at radius 3 is 2.20 bits per heavy atom. The normalized spacial score (nSPS) is 11.4. The molecule has 0 N–H and O–H groups in total. The lowest BCUT2D eigenvalue weighted by atomic mass is 10.0. The van der Waals surface area contributed by atoms with Crippen LogP contribution in [0.4, 0.5) is 0 Å². The van der Waals surface area contributed by atoms with E-state index in [0.29, 0.717) is 0 Å². The molecule has 4 aromatic heterocycles. The highest BCUT2D eigenvalue weighted by Crippen LogP contribution is 2.48. The minimum absolute atomic E-state index is 0.842. The van der Waals surface area contributed by atoms with E-state index in [0.717, 1.165) is 10.8 Å². The predicted octanol–water partition coefficient (Wildman–Crippen LogP) is 11.9. The van der Waals surface area contributed by atoms with Crippen LogP contribution in [0.2, 0.25) is 4.34 Å². The van der Waals surface area contributed by atoms with E-state index >= 15 is 0 Å². The number of benzene rings is 1. The topological polar surface area (TPSA) is 0 Å². The summed E-state index contributed by atoms with van der Waals surface area (Å²) in [5, 5.41) is 0. The van der Waals surface area contributed by atoms with Gasteiger partial charge in [-0.15, -0.1) is 45.3 Å². The fourth-order valence-electron chi connectivity index (χ4n) is 4.28. The number of hydrogen-bond donors (Lipinski definition) is 0. The highest BCUT2D eigenvalue weighted by molar-refractivity contribution is 7.29. The van der Waals surface area contributed by atoms with Crippen LogP contribution in [0, 0.1) is 0 Å². The van der Waals surface area contributed by atoms with E-state index in [2.05, 4.69) is 74.5 Å². The average molecular weight is 553 g/mol. The molecule has 0 atom stereocenters. The van der Waals surface area contributed by atoms with Gasteiger partial charge in [0.2, 0.25) is 0 Å². The molecule has 5 aromatic rings. The molecule has 0 unspecified atom stereocenters. The van der Waals surface area contributed by atoms with Crippen LogP contribution in [-0.4, -0.2) is 0 Å². The molecular formula is C30H29ClS4. The molecule has 0 amide bonds. The molecule has 35 heavy (non-hydrogen) atoms. The van der Waals surface area contributed by atoms with Crippen LogP contribution in [0.5, 0.6) is 0 Å². The van der Waals surface area contributed by atoms with E-state index in [1.54, 1.807) is 11.3 Å². The van der Waals surface area contributed by atoms with Gasteiger partial charge in [0.1, 0.15) is 0 Å². The van der Waals surface area contributed by atoms with E-state index in [1.807, 2.05) is 40.1 Å². The zero-order chi connectivity index (χ0) is 24.2. The number of thiophene rings is 4. The van der Waals surface area contributed by atoms with E-state index in [-0.39, 0.29) is 0 Å². The molecule has 0 saturated carbocycles. The van der Waals surface area contributed by atoms with Gasteiger partial charge in [-0.2, -0.15) is 0 Å². The van der Waals surface area contributed by atoms with Gasteiger partial charge in [-0.1, -0.05) is 69.0 Å². The summed E-state index contributed by atoms with van der Waals surface area (Å²) in [6.45, 7) is 4.51. The Labute approximate surface area is 229 Å². The van der Waals surface area contributed by atoms with Gasteiger partial charge in [0.15, 0.2) is 0 Å². The highest BCUT2D eigenvalue weighted by atomic mass is 35.5. The summed E-state index contributed by atoms with van der Waals surface area (Å²) in [5.74, 6) is 0. The third-order valence-corrected chi connectivity index (χ3v) is 11.4. The Kier molecular flexibility index (Phi) is 8.26. The minimum Gasteiger partial charge on any atom is -0.139 e. The number of halogens is 1. The van der Waals surface area contributed by atoms with E-state index in [4.69, 9.17) is 11.6 Å². The Morgan fingerprint density at radius 2 is 1.43 bits per heavy atom. The zero-order valence-electron chi connectivity index (χ0n) is 20.1. The maximum atomic E-state index is 6.19. The Balaban J connectivity index is 1.51. The van der Waals surface area contributed by atoms with Crippen LogP contribution in [0.1, 0.15) is 50.0 Å². The van der Waals surface area contributed by atoms with Gasteiger partial charge in [-0.3, -0.25) is 0 Å². The van der Waals surface area contributed by atoms with Crippen molar-refractivity contribution in [2.75, 3.05) is 0 Å². The third kappa shape index (κ3) is 5.84. The first-order chi connectivity index (χ1) is 17.1. The number of unbranched alkanes of at least 4 members (excludes halogenated alkanes) is 3. The SMILES string of the molecule is CCCCCCc1ccc(-c2sc(-c3ccc(-c4ccc(Cl)s4)s3)cc2-c2cccc(CC)c2)s1. The average Bonchev–Trinajstić information content (AvgIpc) is 3.67. The second kappa shape index (κ2) is 11.6. The summed E-state index contributed by atoms with van der Waals surface area (Å²) in [6, 6.07) is 24.8. The van der Waals surface area contributed by atoms with Crippen molar-refractivity contribution in [3.63, 3.8) is 0 Å². The molecule has 1 aromatic carbocycles. The predicted molar refractivity (Wildman–Crippen MR) is 162 cm³/mol. The first-order valence-corrected chi connectivity index (χ1v) is 16.0. The van der Waals surface area contributed by atoms with Crippen molar-refractivity contribution < 1.29 is 0 Å². The second-order valence-corrected chi connectivity index (χ2v) is 13.8. The Morgan fingerprint density at radius 1 is 0.657 bits per heavy atom. The summed E-state index contributed by atoms with van der Waals surface area (Å²) in [6.07, 6.45) is 7.50. The fourth-order valence-corrected chi connectivity index (χ4v) is 8.85. The van der Waals surface area contributed by atoms with Crippen LogP contribution in [-0.2, 0) is 12.8 Å². The number of aryl methyl sites for hydroxylation is 2. The van der Waals surface area contributed by atoms with Crippen LogP contribution in [0.25, 0.3) is 40.4 Å². The molecule has 0 aliphatic rings. The lowest BCUT2D eigenvalue weighted by Crippen LogP contribution is -1.82. The van der Waals surface area contributed by atoms with Gasteiger partial charge >= 0.3 is 0 Å². The number of rotatable bonds is 10. The quantitative estimate of drug-likeness (QED) is 0.151. The van der Waals surface area contributed by atoms with E-state index in [1.165, 1.54) is 82.9 Å². The van der Waals surface area contributed by atoms with Crippen molar-refractivity contribution in [2.24, 2.45) is 0 Å². The lowest BCUT2D eigenvalue weighted by molar-refractivity contribution is 0.670. The molecule has 180 valence electrons. The maximum Gasteiger partial charge on any atom is 0.0935 e. The van der Waals surface area contributed by atoms with Crippen molar-refractivity contribution >= 4 is 56.9 Å². The van der Waals surface area contributed by atoms with Crippen molar-refractivity contribution in [3.8, 4) is 40.4 Å². The van der Waals surface area contributed by atoms with Gasteiger partial charge in [0.05, 0.1) is 9.21 Å². The standard InChI is InChI=1S/C30H29ClS4/c1-3-5-6-7-11-22-12-13-27(32-22)30-23(21-10-8-9-20(4-2)18-21)19-28(35-30)26-15-14-24(33-26)25-16-17-29(31)34-25/h8-10,12-19H,3-7,11H2,1-2H3. The van der Waals surface area contributed by atoms with E-state index in [9.17, 15) is 0 Å². The second-order valence-electron chi connectivity index (χ2n) is 8.75. The lowest BCUT2D eigenvalue weighted by Gasteiger charge is -2.05. The molecular weight excluding hydrogens is 524 g/mol. The van der Waals surface area contributed by atoms with Crippen LogP contribution < -0.4 is 0 Å². The summed E-state index contributed by atoms with van der Waals surface area (Å²) in [5.41, 5.74) is 4.06.